The Bertz CT molecular complexity index is 352. The van der Waals surface area contributed by atoms with Gasteiger partial charge in [-0.3, -0.25) is 14.6 Å². The van der Waals surface area contributed by atoms with E-state index in [1.54, 1.807) is 12.4 Å². The van der Waals surface area contributed by atoms with E-state index >= 15 is 0 Å². The highest BCUT2D eigenvalue weighted by atomic mass is 16.5. The van der Waals surface area contributed by atoms with E-state index in [2.05, 4.69) is 15.0 Å². The van der Waals surface area contributed by atoms with Crippen LogP contribution in [-0.2, 0) is 20.7 Å². The lowest BCUT2D eigenvalue weighted by atomic mass is 10.1. The quantitative estimate of drug-likeness (QED) is 0.728. The van der Waals surface area contributed by atoms with Crippen LogP contribution in [0.3, 0.4) is 0 Å². The van der Waals surface area contributed by atoms with Gasteiger partial charge in [-0.25, -0.2) is 0 Å². The fourth-order valence-electron chi connectivity index (χ4n) is 1.14. The van der Waals surface area contributed by atoms with E-state index in [9.17, 15) is 9.59 Å². The summed E-state index contributed by atoms with van der Waals surface area (Å²) in [5.41, 5.74) is 1.04. The standard InChI is InChI=1S/C11H14N2O3/c1-16-11(15)8-13-10(14)3-2-9-4-6-12-7-5-9/h4-7H,2-3,8H2,1H3,(H,13,14). The molecule has 0 spiro atoms. The Morgan fingerprint density at radius 1 is 1.38 bits per heavy atom. The van der Waals surface area contributed by atoms with Crippen LogP contribution in [0.25, 0.3) is 0 Å². The molecule has 16 heavy (non-hydrogen) atoms. The van der Waals surface area contributed by atoms with Gasteiger partial charge in [0, 0.05) is 18.8 Å². The van der Waals surface area contributed by atoms with Gasteiger partial charge in [-0.15, -0.1) is 0 Å². The predicted octanol–water partition coefficient (Wildman–Crippen LogP) is 0.303. The van der Waals surface area contributed by atoms with Crippen molar-refractivity contribution in [2.24, 2.45) is 0 Å². The van der Waals surface area contributed by atoms with Gasteiger partial charge >= 0.3 is 5.97 Å². The number of aryl methyl sites for hydroxylation is 1. The number of esters is 1. The first-order chi connectivity index (χ1) is 7.72. The molecule has 0 radical (unpaired) electrons. The zero-order chi connectivity index (χ0) is 11.8. The first-order valence-electron chi connectivity index (χ1n) is 4.95. The molecule has 0 aliphatic carbocycles. The summed E-state index contributed by atoms with van der Waals surface area (Å²) in [4.78, 5) is 25.9. The molecule has 0 saturated heterocycles. The molecular weight excluding hydrogens is 208 g/mol. The van der Waals surface area contributed by atoms with Crippen LogP contribution in [0.5, 0.6) is 0 Å². The number of methoxy groups -OCH3 is 1. The van der Waals surface area contributed by atoms with Gasteiger partial charge in [0.15, 0.2) is 0 Å². The molecule has 0 bridgehead atoms. The Morgan fingerprint density at radius 3 is 2.69 bits per heavy atom. The third-order valence-corrected chi connectivity index (χ3v) is 2.05. The summed E-state index contributed by atoms with van der Waals surface area (Å²) in [7, 11) is 1.28. The topological polar surface area (TPSA) is 68.3 Å². The van der Waals surface area contributed by atoms with Crippen molar-refractivity contribution in [3.05, 3.63) is 30.1 Å². The SMILES string of the molecule is COC(=O)CNC(=O)CCc1ccncc1. The third-order valence-electron chi connectivity index (χ3n) is 2.05. The Morgan fingerprint density at radius 2 is 2.06 bits per heavy atom. The number of amides is 1. The first-order valence-corrected chi connectivity index (χ1v) is 4.95. The maximum Gasteiger partial charge on any atom is 0.325 e. The lowest BCUT2D eigenvalue weighted by molar-refractivity contribution is -0.141. The number of carbonyl (C=O) groups is 2. The molecule has 86 valence electrons. The zero-order valence-corrected chi connectivity index (χ0v) is 9.10. The Labute approximate surface area is 93.8 Å². The summed E-state index contributed by atoms with van der Waals surface area (Å²) >= 11 is 0. The number of nitrogens with one attached hydrogen (secondary N) is 1. The van der Waals surface area contributed by atoms with Crippen LogP contribution in [0.15, 0.2) is 24.5 Å². The van der Waals surface area contributed by atoms with E-state index in [0.29, 0.717) is 12.8 Å². The number of hydrogen-bond donors (Lipinski definition) is 1. The molecule has 0 fully saturated rings. The zero-order valence-electron chi connectivity index (χ0n) is 9.10. The number of pyridine rings is 1. The third kappa shape index (κ3) is 4.54. The van der Waals surface area contributed by atoms with Gasteiger partial charge in [-0.05, 0) is 24.1 Å². The number of carbonyl (C=O) groups excluding carboxylic acids is 2. The molecule has 1 aromatic heterocycles. The summed E-state index contributed by atoms with van der Waals surface area (Å²) in [6, 6.07) is 3.71. The monoisotopic (exact) mass is 222 g/mol. The molecule has 0 unspecified atom stereocenters. The second-order valence-electron chi connectivity index (χ2n) is 3.21. The van der Waals surface area contributed by atoms with Crippen molar-refractivity contribution in [3.63, 3.8) is 0 Å². The average Bonchev–Trinajstić information content (AvgIpc) is 2.34. The van der Waals surface area contributed by atoms with Gasteiger partial charge in [0.05, 0.1) is 7.11 Å². The summed E-state index contributed by atoms with van der Waals surface area (Å²) < 4.78 is 4.40. The number of aromatic nitrogens is 1. The van der Waals surface area contributed by atoms with Crippen LogP contribution in [0.1, 0.15) is 12.0 Å². The minimum Gasteiger partial charge on any atom is -0.468 e. The maximum absolute atomic E-state index is 11.3. The molecule has 0 saturated carbocycles. The van der Waals surface area contributed by atoms with E-state index in [1.807, 2.05) is 12.1 Å². The summed E-state index contributed by atoms with van der Waals surface area (Å²) in [5, 5.41) is 2.47. The van der Waals surface area contributed by atoms with Crippen molar-refractivity contribution < 1.29 is 14.3 Å². The number of rotatable bonds is 5. The molecular formula is C11H14N2O3. The Balaban J connectivity index is 2.23. The molecule has 1 heterocycles. The van der Waals surface area contributed by atoms with Crippen LogP contribution < -0.4 is 5.32 Å². The molecule has 0 aromatic carbocycles. The predicted molar refractivity (Wildman–Crippen MR) is 57.6 cm³/mol. The van der Waals surface area contributed by atoms with Crippen LogP contribution in [0.4, 0.5) is 0 Å². The number of nitrogens with zero attached hydrogens (tertiary/aromatic N) is 1. The molecule has 1 rings (SSSR count). The maximum atomic E-state index is 11.3. The van der Waals surface area contributed by atoms with E-state index in [-0.39, 0.29) is 12.5 Å². The van der Waals surface area contributed by atoms with Gasteiger partial charge < -0.3 is 10.1 Å². The van der Waals surface area contributed by atoms with Crippen molar-refractivity contribution in [2.45, 2.75) is 12.8 Å². The normalized spacial score (nSPS) is 9.56. The highest BCUT2D eigenvalue weighted by Gasteiger charge is 2.05. The average molecular weight is 222 g/mol. The van der Waals surface area contributed by atoms with E-state index in [1.165, 1.54) is 7.11 Å². The van der Waals surface area contributed by atoms with Crippen LogP contribution in [0.2, 0.25) is 0 Å². The molecule has 0 atom stereocenters. The van der Waals surface area contributed by atoms with Gasteiger partial charge in [0.1, 0.15) is 6.54 Å². The lowest BCUT2D eigenvalue weighted by Gasteiger charge is -2.03. The summed E-state index contributed by atoms with van der Waals surface area (Å²) in [6.07, 6.45) is 4.35. The molecule has 5 heteroatoms. The van der Waals surface area contributed by atoms with Crippen LogP contribution >= 0.6 is 0 Å². The minimum absolute atomic E-state index is 0.0777. The van der Waals surface area contributed by atoms with Crippen molar-refractivity contribution in [1.29, 1.82) is 0 Å². The van der Waals surface area contributed by atoms with E-state index in [4.69, 9.17) is 0 Å². The van der Waals surface area contributed by atoms with Crippen molar-refractivity contribution >= 4 is 11.9 Å². The second-order valence-corrected chi connectivity index (χ2v) is 3.21. The molecule has 0 aliphatic rings. The highest BCUT2D eigenvalue weighted by Crippen LogP contribution is 2.00. The van der Waals surface area contributed by atoms with Crippen LogP contribution in [0, 0.1) is 0 Å². The van der Waals surface area contributed by atoms with Crippen molar-refractivity contribution in [3.8, 4) is 0 Å². The fraction of sp³-hybridized carbons (Fsp3) is 0.364. The minimum atomic E-state index is -0.447. The van der Waals surface area contributed by atoms with Crippen molar-refractivity contribution in [1.82, 2.24) is 10.3 Å². The van der Waals surface area contributed by atoms with Gasteiger partial charge in [0.2, 0.25) is 5.91 Å². The first kappa shape index (κ1) is 12.2. The van der Waals surface area contributed by atoms with Crippen LogP contribution in [-0.4, -0.2) is 30.5 Å². The second kappa shape index (κ2) is 6.55. The van der Waals surface area contributed by atoms with Crippen molar-refractivity contribution in [2.75, 3.05) is 13.7 Å². The summed E-state index contributed by atoms with van der Waals surface area (Å²) in [6.45, 7) is -0.0777. The van der Waals surface area contributed by atoms with Gasteiger partial charge in [-0.1, -0.05) is 0 Å². The largest absolute Gasteiger partial charge is 0.468 e. The summed E-state index contributed by atoms with van der Waals surface area (Å²) in [5.74, 6) is -0.612. The Kier molecular flexibility index (Phi) is 4.98. The fourth-order valence-corrected chi connectivity index (χ4v) is 1.14. The highest BCUT2D eigenvalue weighted by molar-refractivity contribution is 5.81. The molecule has 1 aromatic rings. The molecule has 5 nitrogen and oxygen atoms in total. The van der Waals surface area contributed by atoms with E-state index in [0.717, 1.165) is 5.56 Å². The number of ether oxygens (including phenoxy) is 1. The van der Waals surface area contributed by atoms with E-state index < -0.39 is 5.97 Å². The van der Waals surface area contributed by atoms with Gasteiger partial charge in [0.25, 0.3) is 0 Å². The van der Waals surface area contributed by atoms with Gasteiger partial charge in [-0.2, -0.15) is 0 Å². The molecule has 0 aliphatic heterocycles. The number of hydrogen-bond acceptors (Lipinski definition) is 4. The smallest absolute Gasteiger partial charge is 0.325 e. The molecule has 1 N–H and O–H groups in total. The molecule has 1 amide bonds. The Hall–Kier alpha value is -1.91. The lowest BCUT2D eigenvalue weighted by Crippen LogP contribution is -2.30.